The predicted molar refractivity (Wildman–Crippen MR) is 177 cm³/mol. The zero-order chi connectivity index (χ0) is 34.5. The Morgan fingerprint density at radius 2 is 1.74 bits per heavy atom. The van der Waals surface area contributed by atoms with Gasteiger partial charge in [0.25, 0.3) is 11.8 Å². The molecular weight excluding hydrogens is 603 g/mol. The van der Waals surface area contributed by atoms with Crippen molar-refractivity contribution in [2.45, 2.75) is 110 Å². The fraction of sp³-hybridized carbons (Fsp3) is 0.571. The number of hydrogen-bond acceptors (Lipinski definition) is 6. The van der Waals surface area contributed by atoms with Gasteiger partial charge in [-0.15, -0.1) is 0 Å². The van der Waals surface area contributed by atoms with Crippen LogP contribution in [-0.2, 0) is 14.4 Å². The molecule has 1 aliphatic heterocycles. The topological polar surface area (TPSA) is 146 Å². The largest absolute Gasteiger partial charge is 0.390 e. The van der Waals surface area contributed by atoms with E-state index in [0.29, 0.717) is 55.9 Å². The van der Waals surface area contributed by atoms with Gasteiger partial charge in [-0.3, -0.25) is 23.9 Å². The molecule has 1 saturated heterocycles. The zero-order valence-corrected chi connectivity index (χ0v) is 28.4. The third-order valence-electron chi connectivity index (χ3n) is 9.41. The van der Waals surface area contributed by atoms with Crippen LogP contribution in [0.1, 0.15) is 114 Å². The van der Waals surface area contributed by atoms with E-state index in [1.165, 1.54) is 18.3 Å². The number of hydrogen-bond donors (Lipinski definition) is 4. The van der Waals surface area contributed by atoms with Crippen LogP contribution in [0.4, 0.5) is 10.1 Å². The first kappa shape index (κ1) is 35.8. The molecule has 11 nitrogen and oxygen atoms in total. The highest BCUT2D eigenvalue weighted by Crippen LogP contribution is 2.31. The van der Waals surface area contributed by atoms with Gasteiger partial charge in [-0.2, -0.15) is 5.10 Å². The van der Waals surface area contributed by atoms with Crippen molar-refractivity contribution in [2.75, 3.05) is 18.4 Å². The van der Waals surface area contributed by atoms with Crippen molar-refractivity contribution in [1.29, 1.82) is 0 Å². The molecule has 1 saturated carbocycles. The first-order valence-corrected chi connectivity index (χ1v) is 16.7. The molecule has 2 heterocycles. The van der Waals surface area contributed by atoms with Gasteiger partial charge in [0.1, 0.15) is 23.3 Å². The molecule has 2 fully saturated rings. The first-order valence-electron chi connectivity index (χ1n) is 16.7. The summed E-state index contributed by atoms with van der Waals surface area (Å²) in [6.07, 6.45) is 5.58. The Morgan fingerprint density at radius 3 is 2.34 bits per heavy atom. The summed E-state index contributed by atoms with van der Waals surface area (Å²) in [5.41, 5.74) is 0.779. The molecule has 4 N–H and O–H groups in total. The number of likely N-dealkylation sites (tertiary alicyclic amines) is 1. The lowest BCUT2D eigenvalue weighted by atomic mass is 9.86. The summed E-state index contributed by atoms with van der Waals surface area (Å²) < 4.78 is 17.2. The van der Waals surface area contributed by atoms with Crippen LogP contribution in [0.25, 0.3) is 0 Å². The second-order valence-corrected chi connectivity index (χ2v) is 13.6. The van der Waals surface area contributed by atoms with Gasteiger partial charge >= 0.3 is 0 Å². The third-order valence-corrected chi connectivity index (χ3v) is 9.41. The number of nitrogens with one attached hydrogen (secondary N) is 3. The number of anilines is 1. The zero-order valence-electron chi connectivity index (χ0n) is 28.4. The maximum Gasteiger partial charge on any atom is 0.274 e. The number of halogens is 1. The summed E-state index contributed by atoms with van der Waals surface area (Å²) in [5, 5.41) is 22.8. The van der Waals surface area contributed by atoms with Crippen LogP contribution >= 0.6 is 0 Å². The molecule has 256 valence electrons. The van der Waals surface area contributed by atoms with Crippen LogP contribution in [0.5, 0.6) is 0 Å². The Kier molecular flexibility index (Phi) is 11.6. The van der Waals surface area contributed by atoms with Gasteiger partial charge in [0.2, 0.25) is 11.8 Å². The number of nitrogens with zero attached hydrogens (tertiary/aromatic N) is 3. The van der Waals surface area contributed by atoms with Crippen LogP contribution in [-0.4, -0.2) is 68.1 Å². The summed E-state index contributed by atoms with van der Waals surface area (Å²) in [6, 6.07) is 4.90. The van der Waals surface area contributed by atoms with Gasteiger partial charge in [0.05, 0.1) is 11.3 Å². The number of aromatic nitrogens is 2. The van der Waals surface area contributed by atoms with E-state index in [-0.39, 0.29) is 35.7 Å². The predicted octanol–water partition coefficient (Wildman–Crippen LogP) is 4.81. The molecule has 2 aliphatic rings. The molecule has 4 rings (SSSR count). The van der Waals surface area contributed by atoms with Crippen molar-refractivity contribution in [3.05, 3.63) is 58.8 Å². The van der Waals surface area contributed by atoms with Crippen molar-refractivity contribution < 1.29 is 28.7 Å². The van der Waals surface area contributed by atoms with E-state index >= 15 is 4.39 Å². The summed E-state index contributed by atoms with van der Waals surface area (Å²) in [5.74, 6) is -2.50. The van der Waals surface area contributed by atoms with Crippen molar-refractivity contribution in [1.82, 2.24) is 25.3 Å². The Morgan fingerprint density at radius 1 is 1.09 bits per heavy atom. The van der Waals surface area contributed by atoms with Crippen molar-refractivity contribution in [3.63, 3.8) is 0 Å². The minimum absolute atomic E-state index is 0.0670. The molecule has 12 heteroatoms. The number of benzene rings is 1. The van der Waals surface area contributed by atoms with Crippen LogP contribution in [0.2, 0.25) is 0 Å². The summed E-state index contributed by atoms with van der Waals surface area (Å²) in [4.78, 5) is 54.6. The highest BCUT2D eigenvalue weighted by atomic mass is 19.1. The fourth-order valence-electron chi connectivity index (χ4n) is 6.12. The Labute approximate surface area is 276 Å². The Hall–Kier alpha value is -4.06. The first-order chi connectivity index (χ1) is 22.2. The highest BCUT2D eigenvalue weighted by Gasteiger charge is 2.36. The van der Waals surface area contributed by atoms with E-state index in [1.807, 2.05) is 13.8 Å². The van der Waals surface area contributed by atoms with Gasteiger partial charge < -0.3 is 26.0 Å². The molecule has 1 aliphatic carbocycles. The number of carbonyl (C=O) groups excluding carboxylic acids is 4. The number of piperidine rings is 1. The van der Waals surface area contributed by atoms with Crippen LogP contribution in [0, 0.1) is 11.7 Å². The van der Waals surface area contributed by atoms with Gasteiger partial charge in [-0.05, 0) is 94.5 Å². The molecular formula is C35H49FN6O5. The van der Waals surface area contributed by atoms with E-state index in [9.17, 15) is 24.3 Å². The van der Waals surface area contributed by atoms with Crippen molar-refractivity contribution >= 4 is 29.3 Å². The highest BCUT2D eigenvalue weighted by molar-refractivity contribution is 6.08. The van der Waals surface area contributed by atoms with Crippen molar-refractivity contribution in [2.24, 2.45) is 5.92 Å². The number of amides is 4. The lowest BCUT2D eigenvalue weighted by molar-refractivity contribution is -0.140. The maximum absolute atomic E-state index is 15.6. The molecule has 0 bridgehead atoms. The average molecular weight is 653 g/mol. The molecule has 0 radical (unpaired) electrons. The standard InChI is InChI=1S/C35H49FN6O5/c1-7-29(43)39-30(34(46)41-18-15-35(6,47)16-19-41)23(5)25-12-13-27(26(36)20-25)38-33(45)31(24-10-8-22(4)9-11-24)40-32(44)28-14-17-37-42(28)21(2)3/h12-14,17,20-23,30,47H,7-11,15-16,18-19H2,1-6H3,(H,38,45)(H,39,43)(H,40,44)/t22?,23-,30+/m0/s1. The number of allylic oxidation sites excluding steroid dienone is 1. The van der Waals surface area contributed by atoms with E-state index in [0.717, 1.165) is 18.4 Å². The van der Waals surface area contributed by atoms with E-state index < -0.39 is 35.2 Å². The van der Waals surface area contributed by atoms with Gasteiger partial charge in [-0.1, -0.05) is 26.8 Å². The third kappa shape index (κ3) is 8.85. The smallest absolute Gasteiger partial charge is 0.274 e. The molecule has 0 unspecified atom stereocenters. The SMILES string of the molecule is CCC(=O)N[C@@H](C(=O)N1CCC(C)(O)CC1)[C@@H](C)c1ccc(NC(=O)C(NC(=O)c2ccnn2C(C)C)=C2CCC(C)CC2)c(F)c1. The van der Waals surface area contributed by atoms with Crippen LogP contribution < -0.4 is 16.0 Å². The monoisotopic (exact) mass is 652 g/mol. The van der Waals surface area contributed by atoms with Crippen molar-refractivity contribution in [3.8, 4) is 0 Å². The van der Waals surface area contributed by atoms with E-state index in [1.54, 1.807) is 42.5 Å². The maximum atomic E-state index is 15.6. The second-order valence-electron chi connectivity index (χ2n) is 13.6. The second kappa shape index (κ2) is 15.2. The lowest BCUT2D eigenvalue weighted by Gasteiger charge is -2.38. The summed E-state index contributed by atoms with van der Waals surface area (Å²) in [6.45, 7) is 11.8. The number of carbonyl (C=O) groups is 4. The lowest BCUT2D eigenvalue weighted by Crippen LogP contribution is -2.54. The van der Waals surface area contributed by atoms with Crippen LogP contribution in [0.3, 0.4) is 0 Å². The summed E-state index contributed by atoms with van der Waals surface area (Å²) >= 11 is 0. The molecule has 0 spiro atoms. The molecule has 4 amide bonds. The normalized spacial score (nSPS) is 19.1. The Bertz CT molecular complexity index is 1500. The molecule has 47 heavy (non-hydrogen) atoms. The van der Waals surface area contributed by atoms with E-state index in [2.05, 4.69) is 28.0 Å². The molecule has 1 aromatic carbocycles. The fourth-order valence-corrected chi connectivity index (χ4v) is 6.12. The molecule has 2 atom stereocenters. The number of rotatable bonds is 10. The number of aliphatic hydroxyl groups is 1. The van der Waals surface area contributed by atoms with Gasteiger partial charge in [0.15, 0.2) is 0 Å². The minimum Gasteiger partial charge on any atom is -0.390 e. The van der Waals surface area contributed by atoms with Gasteiger partial charge in [-0.25, -0.2) is 4.39 Å². The van der Waals surface area contributed by atoms with Gasteiger partial charge in [0, 0.05) is 37.7 Å². The molecule has 2 aromatic rings. The average Bonchev–Trinajstić information content (AvgIpc) is 3.54. The Balaban J connectivity index is 1.55. The van der Waals surface area contributed by atoms with Crippen LogP contribution in [0.15, 0.2) is 41.7 Å². The molecule has 1 aromatic heterocycles. The minimum atomic E-state index is -0.940. The summed E-state index contributed by atoms with van der Waals surface area (Å²) in [7, 11) is 0. The van der Waals surface area contributed by atoms with E-state index in [4.69, 9.17) is 0 Å². The quantitative estimate of drug-likeness (QED) is 0.271.